The van der Waals surface area contributed by atoms with Gasteiger partial charge in [0.05, 0.1) is 23.1 Å². The number of nitrogen functional groups attached to an aromatic ring is 1. The van der Waals surface area contributed by atoms with E-state index in [4.69, 9.17) is 17.3 Å². The Morgan fingerprint density at radius 2 is 2.21 bits per heavy atom. The number of benzene rings is 1. The normalized spacial score (nSPS) is 22.8. The summed E-state index contributed by atoms with van der Waals surface area (Å²) < 4.78 is 13.3. The number of anilines is 2. The Hall–Kier alpha value is -1.55. The second-order valence-electron chi connectivity index (χ2n) is 5.00. The lowest BCUT2D eigenvalue weighted by Crippen LogP contribution is -2.17. The highest BCUT2D eigenvalue weighted by Gasteiger charge is 2.25. The molecule has 0 unspecified atom stereocenters. The second-order valence-corrected chi connectivity index (χ2v) is 5.44. The van der Waals surface area contributed by atoms with E-state index >= 15 is 0 Å². The Morgan fingerprint density at radius 1 is 1.37 bits per heavy atom. The maximum Gasteiger partial charge on any atom is 0.102 e. The number of pyridine rings is 1. The molecule has 0 aliphatic heterocycles. The van der Waals surface area contributed by atoms with Gasteiger partial charge in [-0.3, -0.25) is 4.98 Å². The van der Waals surface area contributed by atoms with Crippen molar-refractivity contribution in [2.24, 2.45) is 0 Å². The molecule has 2 aromatic rings. The van der Waals surface area contributed by atoms with E-state index in [2.05, 4.69) is 10.3 Å². The molecular formula is C14H15ClFN3. The smallest absolute Gasteiger partial charge is 0.102 e. The van der Waals surface area contributed by atoms with Crippen molar-refractivity contribution in [1.82, 2.24) is 4.98 Å². The summed E-state index contributed by atoms with van der Waals surface area (Å²) in [5.74, 6) is 0. The van der Waals surface area contributed by atoms with Crippen molar-refractivity contribution in [3.05, 3.63) is 29.4 Å². The van der Waals surface area contributed by atoms with Crippen LogP contribution in [0.25, 0.3) is 10.9 Å². The average Bonchev–Trinajstić information content (AvgIpc) is 2.79. The number of rotatable bonds is 2. The van der Waals surface area contributed by atoms with E-state index in [1.165, 1.54) is 0 Å². The lowest BCUT2D eigenvalue weighted by atomic mass is 10.1. The molecule has 1 heterocycles. The van der Waals surface area contributed by atoms with Gasteiger partial charge in [-0.15, -0.1) is 0 Å². The van der Waals surface area contributed by atoms with Gasteiger partial charge < -0.3 is 11.1 Å². The standard InChI is InChI=1S/C14H15ClFN3/c15-8-1-4-13-11(5-8)14(12(17)7-18-13)19-10-3-2-9(16)6-10/h1,4-5,7,9-10H,2-3,6,17H2,(H,18,19)/t9-,10+/m0/s1. The third kappa shape index (κ3) is 2.45. The van der Waals surface area contributed by atoms with E-state index < -0.39 is 6.17 Å². The van der Waals surface area contributed by atoms with Gasteiger partial charge in [0.15, 0.2) is 0 Å². The molecule has 100 valence electrons. The molecule has 1 fully saturated rings. The van der Waals surface area contributed by atoms with E-state index in [1.807, 2.05) is 12.1 Å². The Labute approximate surface area is 116 Å². The van der Waals surface area contributed by atoms with Crippen LogP contribution >= 0.6 is 11.6 Å². The summed E-state index contributed by atoms with van der Waals surface area (Å²) in [6, 6.07) is 5.62. The van der Waals surface area contributed by atoms with Crippen molar-refractivity contribution in [2.45, 2.75) is 31.5 Å². The van der Waals surface area contributed by atoms with Crippen LogP contribution in [0.1, 0.15) is 19.3 Å². The molecule has 3 rings (SSSR count). The fourth-order valence-corrected chi connectivity index (χ4v) is 2.78. The van der Waals surface area contributed by atoms with Crippen molar-refractivity contribution in [2.75, 3.05) is 11.1 Å². The van der Waals surface area contributed by atoms with Gasteiger partial charge in [-0.2, -0.15) is 0 Å². The quantitative estimate of drug-likeness (QED) is 0.880. The Morgan fingerprint density at radius 3 is 2.95 bits per heavy atom. The average molecular weight is 280 g/mol. The molecule has 0 bridgehead atoms. The minimum Gasteiger partial charge on any atom is -0.396 e. The molecule has 1 saturated carbocycles. The summed E-state index contributed by atoms with van der Waals surface area (Å²) in [4.78, 5) is 4.27. The van der Waals surface area contributed by atoms with Crippen LogP contribution < -0.4 is 11.1 Å². The first kappa shape index (κ1) is 12.5. The molecule has 0 amide bonds. The Balaban J connectivity index is 2.01. The fraction of sp³-hybridized carbons (Fsp3) is 0.357. The predicted molar refractivity (Wildman–Crippen MR) is 77.3 cm³/mol. The molecule has 3 nitrogen and oxygen atoms in total. The molecule has 5 heteroatoms. The highest BCUT2D eigenvalue weighted by atomic mass is 35.5. The Bertz CT molecular complexity index is 612. The summed E-state index contributed by atoms with van der Waals surface area (Å²) in [7, 11) is 0. The van der Waals surface area contributed by atoms with Gasteiger partial charge in [-0.05, 0) is 37.5 Å². The summed E-state index contributed by atoms with van der Waals surface area (Å²) >= 11 is 6.03. The number of fused-ring (bicyclic) bond motifs is 1. The van der Waals surface area contributed by atoms with Crippen molar-refractivity contribution in [1.29, 1.82) is 0 Å². The van der Waals surface area contributed by atoms with Crippen LogP contribution in [0, 0.1) is 0 Å². The lowest BCUT2D eigenvalue weighted by Gasteiger charge is -2.17. The van der Waals surface area contributed by atoms with Crippen LogP contribution in [0.3, 0.4) is 0 Å². The Kier molecular flexibility index (Phi) is 3.19. The number of nitrogens with zero attached hydrogens (tertiary/aromatic N) is 1. The first-order valence-corrected chi connectivity index (χ1v) is 6.75. The molecule has 0 radical (unpaired) electrons. The summed E-state index contributed by atoms with van der Waals surface area (Å²) in [6.45, 7) is 0. The number of halogens is 2. The van der Waals surface area contributed by atoms with Crippen LogP contribution in [0.5, 0.6) is 0 Å². The van der Waals surface area contributed by atoms with E-state index in [9.17, 15) is 4.39 Å². The molecule has 0 spiro atoms. The maximum absolute atomic E-state index is 13.3. The van der Waals surface area contributed by atoms with E-state index in [1.54, 1.807) is 12.3 Å². The van der Waals surface area contributed by atoms with Gasteiger partial charge in [0, 0.05) is 16.5 Å². The van der Waals surface area contributed by atoms with Crippen LogP contribution in [-0.2, 0) is 0 Å². The first-order valence-electron chi connectivity index (χ1n) is 6.38. The molecule has 1 aliphatic carbocycles. The number of alkyl halides is 1. The zero-order valence-corrected chi connectivity index (χ0v) is 11.1. The highest BCUT2D eigenvalue weighted by molar-refractivity contribution is 6.31. The summed E-state index contributed by atoms with van der Waals surface area (Å²) in [5, 5.41) is 4.87. The summed E-state index contributed by atoms with van der Waals surface area (Å²) in [6.07, 6.45) is 2.88. The number of aromatic nitrogens is 1. The van der Waals surface area contributed by atoms with Crippen molar-refractivity contribution < 1.29 is 4.39 Å². The minimum atomic E-state index is -0.713. The van der Waals surface area contributed by atoms with Crippen molar-refractivity contribution in [3.8, 4) is 0 Å². The van der Waals surface area contributed by atoms with Gasteiger partial charge in [0.25, 0.3) is 0 Å². The van der Waals surface area contributed by atoms with Crippen molar-refractivity contribution in [3.63, 3.8) is 0 Å². The molecular weight excluding hydrogens is 265 g/mol. The van der Waals surface area contributed by atoms with Crippen LogP contribution in [0.4, 0.5) is 15.8 Å². The number of nitrogens with two attached hydrogens (primary N) is 1. The van der Waals surface area contributed by atoms with Crippen molar-refractivity contribution >= 4 is 33.9 Å². The second kappa shape index (κ2) is 4.85. The molecule has 0 saturated heterocycles. The highest BCUT2D eigenvalue weighted by Crippen LogP contribution is 2.33. The van der Waals surface area contributed by atoms with E-state index in [-0.39, 0.29) is 6.04 Å². The van der Waals surface area contributed by atoms with Gasteiger partial charge in [-0.1, -0.05) is 11.6 Å². The van der Waals surface area contributed by atoms with Gasteiger partial charge in [0.2, 0.25) is 0 Å². The molecule has 1 aromatic carbocycles. The zero-order valence-electron chi connectivity index (χ0n) is 10.4. The SMILES string of the molecule is Nc1cnc2ccc(Cl)cc2c1N[C@@H]1CC[C@H](F)C1. The molecule has 2 atom stereocenters. The minimum absolute atomic E-state index is 0.127. The van der Waals surface area contributed by atoms with E-state index in [0.29, 0.717) is 23.6 Å². The lowest BCUT2D eigenvalue weighted by molar-refractivity contribution is 0.341. The van der Waals surface area contributed by atoms with Gasteiger partial charge in [-0.25, -0.2) is 4.39 Å². The molecule has 1 aromatic heterocycles. The summed E-state index contributed by atoms with van der Waals surface area (Å²) in [5.41, 5.74) is 8.20. The fourth-order valence-electron chi connectivity index (χ4n) is 2.60. The zero-order chi connectivity index (χ0) is 13.4. The predicted octanol–water partition coefficient (Wildman–Crippen LogP) is 3.77. The first-order chi connectivity index (χ1) is 9.13. The monoisotopic (exact) mass is 279 g/mol. The largest absolute Gasteiger partial charge is 0.396 e. The maximum atomic E-state index is 13.3. The van der Waals surface area contributed by atoms with Gasteiger partial charge >= 0.3 is 0 Å². The number of hydrogen-bond acceptors (Lipinski definition) is 3. The molecule has 1 aliphatic rings. The third-order valence-electron chi connectivity index (χ3n) is 3.58. The third-order valence-corrected chi connectivity index (χ3v) is 3.81. The van der Waals surface area contributed by atoms with Crippen LogP contribution in [0.2, 0.25) is 5.02 Å². The molecule has 19 heavy (non-hydrogen) atoms. The number of hydrogen-bond donors (Lipinski definition) is 2. The van der Waals surface area contributed by atoms with Gasteiger partial charge in [0.1, 0.15) is 6.17 Å². The van der Waals surface area contributed by atoms with Crippen LogP contribution in [0.15, 0.2) is 24.4 Å². The van der Waals surface area contributed by atoms with Crippen LogP contribution in [-0.4, -0.2) is 17.2 Å². The topological polar surface area (TPSA) is 50.9 Å². The molecule has 3 N–H and O–H groups in total. The number of nitrogens with one attached hydrogen (secondary N) is 1. The van der Waals surface area contributed by atoms with E-state index in [0.717, 1.165) is 23.0 Å².